The summed E-state index contributed by atoms with van der Waals surface area (Å²) in [6, 6.07) is 6.81. The van der Waals surface area contributed by atoms with Gasteiger partial charge in [0.2, 0.25) is 5.91 Å². The van der Waals surface area contributed by atoms with Gasteiger partial charge in [0, 0.05) is 19.0 Å². The second kappa shape index (κ2) is 5.07. The third-order valence-electron chi connectivity index (χ3n) is 3.35. The van der Waals surface area contributed by atoms with E-state index < -0.39 is 5.54 Å². The maximum Gasteiger partial charge on any atom is 0.261 e. The third kappa shape index (κ3) is 2.71. The van der Waals surface area contributed by atoms with Crippen molar-refractivity contribution in [2.24, 2.45) is 0 Å². The summed E-state index contributed by atoms with van der Waals surface area (Å²) in [5.74, 6) is -0.647. The molecule has 5 nitrogen and oxygen atoms in total. The molecule has 20 heavy (non-hydrogen) atoms. The highest BCUT2D eigenvalue weighted by atomic mass is 16.2. The number of rotatable bonds is 4. The summed E-state index contributed by atoms with van der Waals surface area (Å²) >= 11 is 0. The fraction of sp³-hybridized carbons (Fsp3) is 0.400. The quantitative estimate of drug-likeness (QED) is 0.848. The van der Waals surface area contributed by atoms with Gasteiger partial charge in [-0.2, -0.15) is 0 Å². The number of benzene rings is 1. The van der Waals surface area contributed by atoms with Crippen molar-refractivity contribution in [1.29, 1.82) is 0 Å². The molecule has 3 amide bonds. The molecule has 0 fully saturated rings. The molecular formula is C15H18N2O3. The maximum absolute atomic E-state index is 12.2. The monoisotopic (exact) mass is 274 g/mol. The molecule has 2 rings (SSSR count). The normalized spacial score (nSPS) is 14.4. The smallest absolute Gasteiger partial charge is 0.261 e. The second-order valence-electron chi connectivity index (χ2n) is 5.62. The lowest BCUT2D eigenvalue weighted by Gasteiger charge is -2.27. The zero-order valence-corrected chi connectivity index (χ0v) is 11.9. The highest BCUT2D eigenvalue weighted by Gasteiger charge is 2.35. The van der Waals surface area contributed by atoms with E-state index in [2.05, 4.69) is 5.32 Å². The number of hydrogen-bond donors (Lipinski definition) is 1. The van der Waals surface area contributed by atoms with E-state index >= 15 is 0 Å². The van der Waals surface area contributed by atoms with Gasteiger partial charge in [-0.3, -0.25) is 19.3 Å². The van der Waals surface area contributed by atoms with Gasteiger partial charge < -0.3 is 5.32 Å². The van der Waals surface area contributed by atoms with Crippen molar-refractivity contribution in [3.63, 3.8) is 0 Å². The average molecular weight is 274 g/mol. The van der Waals surface area contributed by atoms with E-state index in [-0.39, 0.29) is 17.7 Å². The van der Waals surface area contributed by atoms with E-state index in [0.717, 1.165) is 0 Å². The molecule has 1 N–H and O–H groups in total. The standard InChI is InChI=1S/C15H18N2O3/c1-10(18)16-15(2,3)8-9-17-13(19)11-6-4-5-7-12(11)14(17)20/h4-7H,8-9H2,1-3H3,(H,16,18). The number of fused-ring (bicyclic) bond motifs is 1. The molecule has 0 saturated carbocycles. The van der Waals surface area contributed by atoms with Crippen LogP contribution in [0.2, 0.25) is 0 Å². The number of hydrogen-bond acceptors (Lipinski definition) is 3. The van der Waals surface area contributed by atoms with Gasteiger partial charge in [-0.15, -0.1) is 0 Å². The first-order valence-corrected chi connectivity index (χ1v) is 6.56. The molecule has 0 spiro atoms. The first kappa shape index (κ1) is 14.2. The number of nitrogens with one attached hydrogen (secondary N) is 1. The average Bonchev–Trinajstić information content (AvgIpc) is 2.59. The lowest BCUT2D eigenvalue weighted by atomic mass is 10.0. The van der Waals surface area contributed by atoms with E-state index in [4.69, 9.17) is 0 Å². The maximum atomic E-state index is 12.2. The van der Waals surface area contributed by atoms with Gasteiger partial charge >= 0.3 is 0 Å². The minimum Gasteiger partial charge on any atom is -0.351 e. The fourth-order valence-electron chi connectivity index (χ4n) is 2.37. The number of carbonyl (C=O) groups excluding carboxylic acids is 3. The van der Waals surface area contributed by atoms with Gasteiger partial charge in [0.05, 0.1) is 11.1 Å². The summed E-state index contributed by atoms with van der Waals surface area (Å²) in [5.41, 5.74) is 0.450. The molecule has 0 bridgehead atoms. The Balaban J connectivity index is 2.08. The molecule has 1 aromatic rings. The molecule has 0 aliphatic carbocycles. The molecule has 0 unspecified atom stereocenters. The lowest BCUT2D eigenvalue weighted by Crippen LogP contribution is -2.45. The Morgan fingerprint density at radius 2 is 1.65 bits per heavy atom. The van der Waals surface area contributed by atoms with Gasteiger partial charge in [0.25, 0.3) is 11.8 Å². The van der Waals surface area contributed by atoms with E-state index in [0.29, 0.717) is 24.1 Å². The summed E-state index contributed by atoms with van der Waals surface area (Å²) in [6.45, 7) is 5.47. The molecule has 1 aliphatic rings. The summed E-state index contributed by atoms with van der Waals surface area (Å²) in [6.07, 6.45) is 0.512. The first-order chi connectivity index (χ1) is 9.32. The van der Waals surface area contributed by atoms with E-state index in [1.54, 1.807) is 24.3 Å². The predicted octanol–water partition coefficient (Wildman–Crippen LogP) is 1.59. The van der Waals surface area contributed by atoms with Crippen LogP contribution in [0.4, 0.5) is 0 Å². The molecule has 0 radical (unpaired) electrons. The van der Waals surface area contributed by atoms with Crippen molar-refractivity contribution in [3.8, 4) is 0 Å². The third-order valence-corrected chi connectivity index (χ3v) is 3.35. The molecule has 1 aromatic carbocycles. The van der Waals surface area contributed by atoms with Crippen LogP contribution < -0.4 is 5.32 Å². The van der Waals surface area contributed by atoms with Crippen molar-refractivity contribution in [2.75, 3.05) is 6.54 Å². The zero-order valence-electron chi connectivity index (χ0n) is 11.9. The highest BCUT2D eigenvalue weighted by Crippen LogP contribution is 2.23. The molecular weight excluding hydrogens is 256 g/mol. The van der Waals surface area contributed by atoms with Crippen molar-refractivity contribution in [3.05, 3.63) is 35.4 Å². The summed E-state index contributed by atoms with van der Waals surface area (Å²) in [7, 11) is 0. The van der Waals surface area contributed by atoms with E-state index in [1.165, 1.54) is 11.8 Å². The van der Waals surface area contributed by atoms with Crippen LogP contribution in [0.5, 0.6) is 0 Å². The Morgan fingerprint density at radius 3 is 2.10 bits per heavy atom. The van der Waals surface area contributed by atoms with Gasteiger partial charge in [0.15, 0.2) is 0 Å². The van der Waals surface area contributed by atoms with E-state index in [9.17, 15) is 14.4 Å². The molecule has 0 aromatic heterocycles. The number of carbonyl (C=O) groups is 3. The molecule has 0 saturated heterocycles. The Morgan fingerprint density at radius 1 is 1.15 bits per heavy atom. The van der Waals surface area contributed by atoms with Crippen LogP contribution >= 0.6 is 0 Å². The Kier molecular flexibility index (Phi) is 3.61. The van der Waals surface area contributed by atoms with Gasteiger partial charge in [-0.1, -0.05) is 12.1 Å². The summed E-state index contributed by atoms with van der Waals surface area (Å²) in [4.78, 5) is 36.7. The Bertz CT molecular complexity index is 543. The van der Waals surface area contributed by atoms with Gasteiger partial charge in [0.1, 0.15) is 0 Å². The number of amides is 3. The van der Waals surface area contributed by atoms with Crippen LogP contribution in [0.1, 0.15) is 47.9 Å². The van der Waals surface area contributed by atoms with Crippen molar-refractivity contribution >= 4 is 17.7 Å². The van der Waals surface area contributed by atoms with Gasteiger partial charge in [-0.05, 0) is 32.4 Å². The first-order valence-electron chi connectivity index (χ1n) is 6.56. The van der Waals surface area contributed by atoms with Crippen molar-refractivity contribution in [1.82, 2.24) is 10.2 Å². The largest absolute Gasteiger partial charge is 0.351 e. The minimum atomic E-state index is -0.457. The van der Waals surface area contributed by atoms with Crippen LogP contribution in [0.15, 0.2) is 24.3 Å². The van der Waals surface area contributed by atoms with Crippen LogP contribution in [0, 0.1) is 0 Å². The topological polar surface area (TPSA) is 66.5 Å². The minimum absolute atomic E-state index is 0.127. The fourth-order valence-corrected chi connectivity index (χ4v) is 2.37. The Labute approximate surface area is 118 Å². The Hall–Kier alpha value is -2.17. The summed E-state index contributed by atoms with van der Waals surface area (Å²) < 4.78 is 0. The van der Waals surface area contributed by atoms with Crippen LogP contribution in [0.25, 0.3) is 0 Å². The van der Waals surface area contributed by atoms with Gasteiger partial charge in [-0.25, -0.2) is 0 Å². The van der Waals surface area contributed by atoms with Crippen molar-refractivity contribution in [2.45, 2.75) is 32.7 Å². The summed E-state index contributed by atoms with van der Waals surface area (Å²) in [5, 5.41) is 2.81. The molecule has 106 valence electrons. The van der Waals surface area contributed by atoms with Crippen LogP contribution in [-0.4, -0.2) is 34.7 Å². The lowest BCUT2D eigenvalue weighted by molar-refractivity contribution is -0.120. The predicted molar refractivity (Wildman–Crippen MR) is 74.3 cm³/mol. The highest BCUT2D eigenvalue weighted by molar-refractivity contribution is 6.21. The number of imide groups is 1. The molecule has 5 heteroatoms. The molecule has 0 atom stereocenters. The molecule has 1 heterocycles. The second-order valence-corrected chi connectivity index (χ2v) is 5.62. The molecule has 1 aliphatic heterocycles. The number of nitrogens with zero attached hydrogens (tertiary/aromatic N) is 1. The van der Waals surface area contributed by atoms with Crippen LogP contribution in [0.3, 0.4) is 0 Å². The van der Waals surface area contributed by atoms with Crippen molar-refractivity contribution < 1.29 is 14.4 Å². The van der Waals surface area contributed by atoms with E-state index in [1.807, 2.05) is 13.8 Å². The van der Waals surface area contributed by atoms with Crippen LogP contribution in [-0.2, 0) is 4.79 Å². The zero-order chi connectivity index (χ0) is 14.9. The SMILES string of the molecule is CC(=O)NC(C)(C)CCN1C(=O)c2ccccc2C1=O.